The first-order chi connectivity index (χ1) is 7.49. The fraction of sp³-hybridized carbons (Fsp3) is 0.333. The van der Waals surface area contributed by atoms with Crippen LogP contribution in [0.3, 0.4) is 0 Å². The molecular weight excluding hydrogens is 223 g/mol. The van der Waals surface area contributed by atoms with Crippen molar-refractivity contribution in [3.8, 4) is 17.8 Å². The van der Waals surface area contributed by atoms with Gasteiger partial charge in [-0.25, -0.2) is 4.57 Å². The SMILES string of the molecule is C#C[P@](=O)(OCC)Oc1cc(C)cc(C)c1. The molecular formula is C12H15O3P. The molecule has 4 heteroatoms. The zero-order valence-corrected chi connectivity index (χ0v) is 10.6. The molecule has 0 N–H and O–H groups in total. The second-order valence-electron chi connectivity index (χ2n) is 3.46. The highest BCUT2D eigenvalue weighted by atomic mass is 31.2. The third-order valence-corrected chi connectivity index (χ3v) is 3.24. The van der Waals surface area contributed by atoms with Crippen LogP contribution in [0.1, 0.15) is 18.1 Å². The van der Waals surface area contributed by atoms with Crippen LogP contribution in [0.15, 0.2) is 18.2 Å². The second-order valence-corrected chi connectivity index (χ2v) is 5.15. The smallest absolute Gasteiger partial charge is 0.416 e. The monoisotopic (exact) mass is 238 g/mol. The van der Waals surface area contributed by atoms with Crippen molar-refractivity contribution < 1.29 is 13.6 Å². The minimum Gasteiger partial charge on any atom is -0.416 e. The second kappa shape index (κ2) is 5.21. The number of hydrogen-bond acceptors (Lipinski definition) is 3. The molecule has 0 fully saturated rings. The summed E-state index contributed by atoms with van der Waals surface area (Å²) in [6.07, 6.45) is 5.15. The molecule has 0 saturated heterocycles. The number of benzene rings is 1. The van der Waals surface area contributed by atoms with Crippen LogP contribution in [0.5, 0.6) is 5.75 Å². The molecule has 0 amide bonds. The zero-order chi connectivity index (χ0) is 12.2. The molecule has 1 aromatic carbocycles. The summed E-state index contributed by atoms with van der Waals surface area (Å²) < 4.78 is 22.1. The molecule has 0 aliphatic rings. The molecule has 0 aromatic heterocycles. The van der Waals surface area contributed by atoms with Gasteiger partial charge in [-0.2, -0.15) is 0 Å². The molecule has 0 aliphatic heterocycles. The Balaban J connectivity index is 2.95. The lowest BCUT2D eigenvalue weighted by Gasteiger charge is -2.13. The zero-order valence-electron chi connectivity index (χ0n) is 9.69. The van der Waals surface area contributed by atoms with Gasteiger partial charge in [-0.15, -0.1) is 6.42 Å². The van der Waals surface area contributed by atoms with Gasteiger partial charge in [0.15, 0.2) is 0 Å². The number of aryl methyl sites for hydroxylation is 2. The first kappa shape index (κ1) is 12.8. The van der Waals surface area contributed by atoms with Crippen LogP contribution in [-0.4, -0.2) is 6.61 Å². The summed E-state index contributed by atoms with van der Waals surface area (Å²) in [6.45, 7) is 5.84. The third-order valence-electron chi connectivity index (χ3n) is 1.88. The molecule has 0 bridgehead atoms. The summed E-state index contributed by atoms with van der Waals surface area (Å²) in [5.74, 6) is 0.479. The molecule has 0 spiro atoms. The van der Waals surface area contributed by atoms with Crippen LogP contribution in [0.2, 0.25) is 0 Å². The molecule has 1 rings (SSSR count). The molecule has 0 radical (unpaired) electrons. The lowest BCUT2D eigenvalue weighted by molar-refractivity contribution is 0.290. The Morgan fingerprint density at radius 3 is 2.31 bits per heavy atom. The van der Waals surface area contributed by atoms with Gasteiger partial charge in [0.1, 0.15) is 5.75 Å². The van der Waals surface area contributed by atoms with E-state index >= 15 is 0 Å². The van der Waals surface area contributed by atoms with Gasteiger partial charge >= 0.3 is 7.60 Å². The van der Waals surface area contributed by atoms with E-state index in [-0.39, 0.29) is 6.61 Å². The minimum absolute atomic E-state index is 0.256. The average Bonchev–Trinajstić information content (AvgIpc) is 2.16. The fourth-order valence-corrected chi connectivity index (χ4v) is 2.29. The van der Waals surface area contributed by atoms with E-state index < -0.39 is 7.60 Å². The number of rotatable bonds is 4. The van der Waals surface area contributed by atoms with Gasteiger partial charge in [0, 0.05) is 5.66 Å². The van der Waals surface area contributed by atoms with Crippen molar-refractivity contribution in [2.75, 3.05) is 6.61 Å². The first-order valence-corrected chi connectivity index (χ1v) is 6.53. The lowest BCUT2D eigenvalue weighted by atomic mass is 10.1. The van der Waals surface area contributed by atoms with Crippen LogP contribution >= 0.6 is 7.60 Å². The molecule has 0 saturated carbocycles. The van der Waals surface area contributed by atoms with Crippen molar-refractivity contribution in [2.24, 2.45) is 0 Å². The predicted octanol–water partition coefficient (Wildman–Crippen LogP) is 3.50. The Morgan fingerprint density at radius 1 is 1.31 bits per heavy atom. The van der Waals surface area contributed by atoms with Crippen LogP contribution in [-0.2, 0) is 9.09 Å². The number of terminal acetylenes is 1. The maximum Gasteiger partial charge on any atom is 0.456 e. The van der Waals surface area contributed by atoms with Gasteiger partial charge in [-0.1, -0.05) is 6.07 Å². The quantitative estimate of drug-likeness (QED) is 0.594. The highest BCUT2D eigenvalue weighted by Gasteiger charge is 2.22. The average molecular weight is 238 g/mol. The van der Waals surface area contributed by atoms with Gasteiger partial charge in [0.2, 0.25) is 0 Å². The minimum atomic E-state index is -3.43. The van der Waals surface area contributed by atoms with E-state index in [1.807, 2.05) is 19.9 Å². The highest BCUT2D eigenvalue weighted by Crippen LogP contribution is 2.47. The van der Waals surface area contributed by atoms with Crippen LogP contribution in [0.4, 0.5) is 0 Å². The predicted molar refractivity (Wildman–Crippen MR) is 64.6 cm³/mol. The van der Waals surface area contributed by atoms with Crippen molar-refractivity contribution in [1.82, 2.24) is 0 Å². The highest BCUT2D eigenvalue weighted by molar-refractivity contribution is 7.59. The van der Waals surface area contributed by atoms with E-state index in [9.17, 15) is 4.57 Å². The van der Waals surface area contributed by atoms with E-state index in [1.165, 1.54) is 0 Å². The Kier molecular flexibility index (Phi) is 4.18. The topological polar surface area (TPSA) is 35.5 Å². The third kappa shape index (κ3) is 3.41. The van der Waals surface area contributed by atoms with Crippen molar-refractivity contribution in [1.29, 1.82) is 0 Å². The van der Waals surface area contributed by atoms with Gasteiger partial charge in [0.25, 0.3) is 0 Å². The molecule has 16 heavy (non-hydrogen) atoms. The summed E-state index contributed by atoms with van der Waals surface area (Å²) in [6, 6.07) is 5.54. The molecule has 1 aromatic rings. The molecule has 3 nitrogen and oxygen atoms in total. The number of hydrogen-bond donors (Lipinski definition) is 0. The van der Waals surface area contributed by atoms with Gasteiger partial charge < -0.3 is 4.52 Å². The van der Waals surface area contributed by atoms with E-state index in [1.54, 1.807) is 19.1 Å². The van der Waals surface area contributed by atoms with E-state index in [4.69, 9.17) is 15.5 Å². The Hall–Kier alpha value is -1.23. The summed E-state index contributed by atoms with van der Waals surface area (Å²) in [7, 11) is -3.43. The van der Waals surface area contributed by atoms with Crippen molar-refractivity contribution in [2.45, 2.75) is 20.8 Å². The summed E-state index contributed by atoms with van der Waals surface area (Å²) in [4.78, 5) is 0. The summed E-state index contributed by atoms with van der Waals surface area (Å²) in [5, 5.41) is 0. The van der Waals surface area contributed by atoms with Crippen molar-refractivity contribution in [3.05, 3.63) is 29.3 Å². The molecule has 1 atom stereocenters. The standard InChI is InChI=1S/C12H15O3P/c1-5-14-16(13,6-2)15-12-8-10(3)7-11(4)9-12/h2,7-9H,5H2,1,3-4H3/t16-/m0/s1. The van der Waals surface area contributed by atoms with Crippen molar-refractivity contribution in [3.63, 3.8) is 0 Å². The van der Waals surface area contributed by atoms with Gasteiger partial charge in [0.05, 0.1) is 6.61 Å². The first-order valence-electron chi connectivity index (χ1n) is 4.99. The van der Waals surface area contributed by atoms with E-state index in [0.717, 1.165) is 11.1 Å². The Labute approximate surface area is 96.3 Å². The van der Waals surface area contributed by atoms with E-state index in [0.29, 0.717) is 5.75 Å². The van der Waals surface area contributed by atoms with Gasteiger partial charge in [-0.05, 0) is 44.0 Å². The van der Waals surface area contributed by atoms with Crippen LogP contribution in [0.25, 0.3) is 0 Å². The van der Waals surface area contributed by atoms with Crippen LogP contribution in [0, 0.1) is 25.9 Å². The molecule has 0 heterocycles. The maximum absolute atomic E-state index is 11.9. The van der Waals surface area contributed by atoms with E-state index in [2.05, 4.69) is 5.66 Å². The largest absolute Gasteiger partial charge is 0.456 e. The van der Waals surface area contributed by atoms with Crippen LogP contribution < -0.4 is 4.52 Å². The maximum atomic E-state index is 11.9. The molecule has 0 aliphatic carbocycles. The van der Waals surface area contributed by atoms with Crippen molar-refractivity contribution >= 4 is 7.60 Å². The summed E-state index contributed by atoms with van der Waals surface area (Å²) >= 11 is 0. The lowest BCUT2D eigenvalue weighted by Crippen LogP contribution is -1.96. The molecule has 86 valence electrons. The normalized spacial score (nSPS) is 13.9. The fourth-order valence-electron chi connectivity index (χ4n) is 1.38. The Morgan fingerprint density at radius 2 is 1.88 bits per heavy atom. The van der Waals surface area contributed by atoms with Gasteiger partial charge in [-0.3, -0.25) is 4.52 Å². The molecule has 0 unspecified atom stereocenters. The summed E-state index contributed by atoms with van der Waals surface area (Å²) in [5.41, 5.74) is 4.12. The Bertz CT molecular complexity index is 440.